The summed E-state index contributed by atoms with van der Waals surface area (Å²) >= 11 is 0. The van der Waals surface area contributed by atoms with Crippen molar-refractivity contribution < 1.29 is 0 Å². The minimum atomic E-state index is 0.630. The van der Waals surface area contributed by atoms with Crippen LogP contribution in [0.3, 0.4) is 0 Å². The van der Waals surface area contributed by atoms with Gasteiger partial charge in [0.05, 0.1) is 28.4 Å². The Bertz CT molecular complexity index is 848. The average molecular weight is 279 g/mol. The number of benzene rings is 1. The molecule has 5 nitrogen and oxygen atoms in total. The van der Waals surface area contributed by atoms with Crippen LogP contribution in [-0.4, -0.2) is 19.3 Å². The first-order valence-electron chi connectivity index (χ1n) is 7.11. The highest BCUT2D eigenvalue weighted by atomic mass is 15.3. The molecular formula is C16H17N5. The number of aromatic nitrogens is 4. The molecule has 0 atom stereocenters. The predicted octanol–water partition coefficient (Wildman–Crippen LogP) is 2.89. The van der Waals surface area contributed by atoms with E-state index in [0.29, 0.717) is 5.56 Å². The lowest BCUT2D eigenvalue weighted by atomic mass is 10.2. The number of imidazole rings is 1. The van der Waals surface area contributed by atoms with Gasteiger partial charge in [-0.05, 0) is 37.6 Å². The maximum atomic E-state index is 9.01. The molecule has 2 aromatic heterocycles. The SMILES string of the molecule is CCc1cc(-c2nc3cc(C#N)ccc3n2C)n(CC)n1. The number of nitrogens with zero attached hydrogens (tertiary/aromatic N) is 5. The third-order valence-electron chi connectivity index (χ3n) is 3.73. The highest BCUT2D eigenvalue weighted by Gasteiger charge is 2.15. The van der Waals surface area contributed by atoms with E-state index in [9.17, 15) is 0 Å². The molecule has 3 aromatic rings. The molecule has 21 heavy (non-hydrogen) atoms. The minimum absolute atomic E-state index is 0.630. The van der Waals surface area contributed by atoms with Gasteiger partial charge in [-0.25, -0.2) is 4.98 Å². The van der Waals surface area contributed by atoms with Crippen molar-refractivity contribution in [3.8, 4) is 17.6 Å². The molecule has 0 bridgehead atoms. The van der Waals surface area contributed by atoms with Gasteiger partial charge in [-0.1, -0.05) is 6.92 Å². The van der Waals surface area contributed by atoms with Crippen LogP contribution in [0.5, 0.6) is 0 Å². The van der Waals surface area contributed by atoms with E-state index in [1.165, 1.54) is 0 Å². The van der Waals surface area contributed by atoms with Crippen LogP contribution in [0, 0.1) is 11.3 Å². The first-order valence-corrected chi connectivity index (χ1v) is 7.11. The van der Waals surface area contributed by atoms with E-state index < -0.39 is 0 Å². The van der Waals surface area contributed by atoms with Crippen LogP contribution in [-0.2, 0) is 20.0 Å². The van der Waals surface area contributed by atoms with Gasteiger partial charge >= 0.3 is 0 Å². The lowest BCUT2D eigenvalue weighted by Gasteiger charge is -2.04. The number of fused-ring (bicyclic) bond motifs is 1. The number of nitriles is 1. The molecule has 3 rings (SSSR count). The monoisotopic (exact) mass is 279 g/mol. The van der Waals surface area contributed by atoms with Crippen LogP contribution in [0.1, 0.15) is 25.1 Å². The molecule has 1 aromatic carbocycles. The maximum absolute atomic E-state index is 9.01. The zero-order chi connectivity index (χ0) is 15.0. The number of rotatable bonds is 3. The topological polar surface area (TPSA) is 59.4 Å². The van der Waals surface area contributed by atoms with Crippen molar-refractivity contribution in [2.24, 2.45) is 7.05 Å². The fraction of sp³-hybridized carbons (Fsp3) is 0.312. The van der Waals surface area contributed by atoms with Crippen LogP contribution < -0.4 is 0 Å². The smallest absolute Gasteiger partial charge is 0.159 e. The van der Waals surface area contributed by atoms with Crippen LogP contribution in [0.25, 0.3) is 22.6 Å². The van der Waals surface area contributed by atoms with Crippen molar-refractivity contribution in [3.05, 3.63) is 35.5 Å². The van der Waals surface area contributed by atoms with E-state index in [1.54, 1.807) is 0 Å². The molecule has 0 radical (unpaired) electrons. The summed E-state index contributed by atoms with van der Waals surface area (Å²) in [5, 5.41) is 13.6. The second-order valence-electron chi connectivity index (χ2n) is 5.00. The molecule has 5 heteroatoms. The Morgan fingerprint density at radius 3 is 2.71 bits per heavy atom. The summed E-state index contributed by atoms with van der Waals surface area (Å²) in [5.74, 6) is 0.883. The third kappa shape index (κ3) is 2.09. The van der Waals surface area contributed by atoms with Crippen LogP contribution in [0.15, 0.2) is 24.3 Å². The second-order valence-corrected chi connectivity index (χ2v) is 5.00. The summed E-state index contributed by atoms with van der Waals surface area (Å²) < 4.78 is 4.03. The zero-order valence-electron chi connectivity index (χ0n) is 12.5. The average Bonchev–Trinajstić information content (AvgIpc) is 3.07. The molecule has 0 saturated heterocycles. The summed E-state index contributed by atoms with van der Waals surface area (Å²) in [4.78, 5) is 4.70. The van der Waals surface area contributed by atoms with Gasteiger partial charge in [-0.15, -0.1) is 0 Å². The molecule has 0 saturated carbocycles. The van der Waals surface area contributed by atoms with Crippen molar-refractivity contribution in [2.45, 2.75) is 26.8 Å². The van der Waals surface area contributed by atoms with E-state index in [1.807, 2.05) is 29.9 Å². The Kier molecular flexibility index (Phi) is 3.22. The van der Waals surface area contributed by atoms with E-state index in [-0.39, 0.29) is 0 Å². The first-order chi connectivity index (χ1) is 10.2. The Balaban J connectivity index is 2.23. The van der Waals surface area contributed by atoms with Crippen molar-refractivity contribution in [1.82, 2.24) is 19.3 Å². The third-order valence-corrected chi connectivity index (χ3v) is 3.73. The summed E-state index contributed by atoms with van der Waals surface area (Å²) in [6.07, 6.45) is 0.905. The van der Waals surface area contributed by atoms with E-state index in [4.69, 9.17) is 10.2 Å². The molecule has 0 unspecified atom stereocenters. The van der Waals surface area contributed by atoms with Crippen molar-refractivity contribution in [1.29, 1.82) is 5.26 Å². The summed E-state index contributed by atoms with van der Waals surface area (Å²) in [6.45, 7) is 4.98. The Morgan fingerprint density at radius 2 is 2.05 bits per heavy atom. The molecule has 0 aliphatic rings. The van der Waals surface area contributed by atoms with E-state index in [0.717, 1.165) is 41.2 Å². The molecule has 0 aliphatic heterocycles. The quantitative estimate of drug-likeness (QED) is 0.740. The first kappa shape index (κ1) is 13.4. The van der Waals surface area contributed by atoms with Gasteiger partial charge in [0.1, 0.15) is 5.69 Å². The van der Waals surface area contributed by atoms with Gasteiger partial charge in [-0.3, -0.25) is 4.68 Å². The number of hydrogen-bond donors (Lipinski definition) is 0. The second kappa shape index (κ2) is 5.06. The highest BCUT2D eigenvalue weighted by Crippen LogP contribution is 2.25. The Morgan fingerprint density at radius 1 is 1.24 bits per heavy atom. The van der Waals surface area contributed by atoms with E-state index >= 15 is 0 Å². The molecule has 106 valence electrons. The summed E-state index contributed by atoms with van der Waals surface area (Å²) in [6, 6.07) is 9.84. The Labute approximate surface area is 123 Å². The molecule has 0 spiro atoms. The van der Waals surface area contributed by atoms with Crippen LogP contribution >= 0.6 is 0 Å². The standard InChI is InChI=1S/C16H17N5/c1-4-12-9-15(21(5-2)19-12)16-18-13-8-11(10-17)6-7-14(13)20(16)3/h6-9H,4-5H2,1-3H3. The molecule has 0 N–H and O–H groups in total. The Hall–Kier alpha value is -2.61. The highest BCUT2D eigenvalue weighted by molar-refractivity contribution is 5.81. The minimum Gasteiger partial charge on any atom is -0.326 e. The van der Waals surface area contributed by atoms with Gasteiger partial charge in [-0.2, -0.15) is 10.4 Å². The summed E-state index contributed by atoms with van der Waals surface area (Å²) in [5.41, 5.74) is 4.58. The maximum Gasteiger partial charge on any atom is 0.159 e. The summed E-state index contributed by atoms with van der Waals surface area (Å²) in [7, 11) is 2.00. The van der Waals surface area contributed by atoms with Gasteiger partial charge in [0.25, 0.3) is 0 Å². The largest absolute Gasteiger partial charge is 0.326 e. The molecule has 0 aliphatic carbocycles. The van der Waals surface area contributed by atoms with Gasteiger partial charge in [0.15, 0.2) is 5.82 Å². The molecule has 0 amide bonds. The van der Waals surface area contributed by atoms with Crippen molar-refractivity contribution in [3.63, 3.8) is 0 Å². The zero-order valence-corrected chi connectivity index (χ0v) is 12.5. The normalized spacial score (nSPS) is 11.0. The predicted molar refractivity (Wildman–Crippen MR) is 81.7 cm³/mol. The van der Waals surface area contributed by atoms with Crippen molar-refractivity contribution >= 4 is 11.0 Å². The lowest BCUT2D eigenvalue weighted by molar-refractivity contribution is 0.650. The van der Waals surface area contributed by atoms with Crippen molar-refractivity contribution in [2.75, 3.05) is 0 Å². The fourth-order valence-corrected chi connectivity index (χ4v) is 2.56. The lowest BCUT2D eigenvalue weighted by Crippen LogP contribution is -2.03. The number of hydrogen-bond acceptors (Lipinski definition) is 3. The van der Waals surface area contributed by atoms with Crippen LogP contribution in [0.2, 0.25) is 0 Å². The van der Waals surface area contributed by atoms with Gasteiger partial charge in [0.2, 0.25) is 0 Å². The molecule has 2 heterocycles. The van der Waals surface area contributed by atoms with Gasteiger partial charge < -0.3 is 4.57 Å². The van der Waals surface area contributed by atoms with Gasteiger partial charge in [0, 0.05) is 13.6 Å². The fourth-order valence-electron chi connectivity index (χ4n) is 2.56. The molecule has 0 fully saturated rings. The molecular weight excluding hydrogens is 262 g/mol. The van der Waals surface area contributed by atoms with Crippen LogP contribution in [0.4, 0.5) is 0 Å². The van der Waals surface area contributed by atoms with E-state index in [2.05, 4.69) is 35.6 Å². The number of aryl methyl sites for hydroxylation is 3.